The number of nitrogens with one attached hydrogen (secondary N) is 1. The molecular formula is C11H18N4. The molecule has 1 atom stereocenters. The number of nitriles is 1. The van der Waals surface area contributed by atoms with Crippen LogP contribution in [0, 0.1) is 25.2 Å². The van der Waals surface area contributed by atoms with Crippen molar-refractivity contribution in [3.63, 3.8) is 0 Å². The van der Waals surface area contributed by atoms with Gasteiger partial charge in [-0.15, -0.1) is 0 Å². The number of hydrogen-bond donors (Lipinski definition) is 1. The molecule has 0 radical (unpaired) electrons. The van der Waals surface area contributed by atoms with E-state index in [4.69, 9.17) is 0 Å². The molecule has 1 rings (SSSR count). The number of aromatic nitrogens is 2. The van der Waals surface area contributed by atoms with Crippen LogP contribution in [-0.4, -0.2) is 28.0 Å². The molecular weight excluding hydrogens is 188 g/mol. The highest BCUT2D eigenvalue weighted by Gasteiger charge is 2.21. The van der Waals surface area contributed by atoms with Crippen molar-refractivity contribution in [2.45, 2.75) is 33.7 Å². The fourth-order valence-corrected chi connectivity index (χ4v) is 1.80. The second kappa shape index (κ2) is 4.94. The third-order valence-electron chi connectivity index (χ3n) is 2.60. The van der Waals surface area contributed by atoms with Gasteiger partial charge in [0.2, 0.25) is 0 Å². The van der Waals surface area contributed by atoms with E-state index in [-0.39, 0.29) is 6.04 Å². The van der Waals surface area contributed by atoms with Gasteiger partial charge in [0.15, 0.2) is 0 Å². The first kappa shape index (κ1) is 11.7. The van der Waals surface area contributed by atoms with Crippen molar-refractivity contribution in [2.75, 3.05) is 13.1 Å². The minimum atomic E-state index is -0.232. The summed E-state index contributed by atoms with van der Waals surface area (Å²) in [6.07, 6.45) is 0. The van der Waals surface area contributed by atoms with Crippen LogP contribution >= 0.6 is 0 Å². The third-order valence-corrected chi connectivity index (χ3v) is 2.60. The summed E-state index contributed by atoms with van der Waals surface area (Å²) in [5, 5.41) is 9.20. The molecule has 0 saturated carbocycles. The number of nitrogens with zero attached hydrogens (tertiary/aromatic N) is 3. The van der Waals surface area contributed by atoms with Crippen molar-refractivity contribution >= 4 is 0 Å². The first-order valence-corrected chi connectivity index (χ1v) is 5.30. The number of imidazole rings is 1. The molecule has 0 aliphatic heterocycles. The molecule has 0 bridgehead atoms. The highest BCUT2D eigenvalue weighted by atomic mass is 15.2. The molecule has 1 N–H and O–H groups in total. The Bertz CT molecular complexity index is 357. The van der Waals surface area contributed by atoms with Gasteiger partial charge in [-0.1, -0.05) is 13.8 Å². The maximum absolute atomic E-state index is 9.20. The lowest BCUT2D eigenvalue weighted by atomic mass is 10.1. The Morgan fingerprint density at radius 1 is 1.40 bits per heavy atom. The van der Waals surface area contributed by atoms with Gasteiger partial charge < -0.3 is 4.98 Å². The van der Waals surface area contributed by atoms with E-state index < -0.39 is 0 Å². The molecule has 1 aromatic heterocycles. The van der Waals surface area contributed by atoms with E-state index in [0.29, 0.717) is 0 Å². The molecule has 0 aromatic carbocycles. The van der Waals surface area contributed by atoms with Crippen LogP contribution in [0.4, 0.5) is 0 Å². The van der Waals surface area contributed by atoms with Gasteiger partial charge in [-0.25, -0.2) is 4.98 Å². The number of rotatable bonds is 4. The molecule has 0 spiro atoms. The maximum atomic E-state index is 9.20. The van der Waals surface area contributed by atoms with Gasteiger partial charge >= 0.3 is 0 Å². The largest absolute Gasteiger partial charge is 0.346 e. The zero-order valence-corrected chi connectivity index (χ0v) is 9.83. The van der Waals surface area contributed by atoms with E-state index >= 15 is 0 Å². The van der Waals surface area contributed by atoms with E-state index in [1.54, 1.807) is 0 Å². The molecule has 4 heteroatoms. The summed E-state index contributed by atoms with van der Waals surface area (Å²) in [4.78, 5) is 9.61. The van der Waals surface area contributed by atoms with Crippen LogP contribution in [0.25, 0.3) is 0 Å². The molecule has 0 fully saturated rings. The van der Waals surface area contributed by atoms with Crippen molar-refractivity contribution < 1.29 is 0 Å². The number of aromatic amines is 1. The number of H-pyrrole nitrogens is 1. The first-order valence-electron chi connectivity index (χ1n) is 5.30. The van der Waals surface area contributed by atoms with Gasteiger partial charge in [0.05, 0.1) is 11.8 Å². The molecule has 0 saturated heterocycles. The lowest BCUT2D eigenvalue weighted by Crippen LogP contribution is -2.28. The summed E-state index contributed by atoms with van der Waals surface area (Å²) in [6, 6.07) is 2.09. The van der Waals surface area contributed by atoms with Crippen molar-refractivity contribution in [2.24, 2.45) is 0 Å². The predicted octanol–water partition coefficient (Wildman–Crippen LogP) is 1.93. The molecule has 15 heavy (non-hydrogen) atoms. The quantitative estimate of drug-likeness (QED) is 0.819. The van der Waals surface area contributed by atoms with Crippen LogP contribution in [0.15, 0.2) is 0 Å². The Morgan fingerprint density at radius 2 is 2.00 bits per heavy atom. The molecule has 1 aromatic rings. The van der Waals surface area contributed by atoms with Crippen molar-refractivity contribution in [1.29, 1.82) is 5.26 Å². The average Bonchev–Trinajstić information content (AvgIpc) is 2.54. The topological polar surface area (TPSA) is 55.7 Å². The van der Waals surface area contributed by atoms with Crippen LogP contribution in [-0.2, 0) is 0 Å². The molecule has 0 aliphatic carbocycles. The summed E-state index contributed by atoms with van der Waals surface area (Å²) in [6.45, 7) is 9.71. The normalized spacial score (nSPS) is 12.8. The first-order chi connectivity index (χ1) is 7.13. The Hall–Kier alpha value is -1.34. The lowest BCUT2D eigenvalue weighted by Gasteiger charge is -2.22. The SMILES string of the molecule is CCN(CC)C(C#N)c1nc(C)[nH]c1C. The van der Waals surface area contributed by atoms with Crippen molar-refractivity contribution in [3.8, 4) is 6.07 Å². The fraction of sp³-hybridized carbons (Fsp3) is 0.636. The Labute approximate surface area is 90.9 Å². The second-order valence-corrected chi connectivity index (χ2v) is 3.59. The van der Waals surface area contributed by atoms with E-state index in [2.05, 4.69) is 34.8 Å². The van der Waals surface area contributed by atoms with Gasteiger partial charge in [-0.05, 0) is 26.9 Å². The molecule has 1 unspecified atom stereocenters. The fourth-order valence-electron chi connectivity index (χ4n) is 1.80. The van der Waals surface area contributed by atoms with E-state index in [1.807, 2.05) is 13.8 Å². The highest BCUT2D eigenvalue weighted by molar-refractivity contribution is 5.22. The average molecular weight is 206 g/mol. The van der Waals surface area contributed by atoms with Gasteiger partial charge in [-0.2, -0.15) is 5.26 Å². The third kappa shape index (κ3) is 2.37. The van der Waals surface area contributed by atoms with Crippen LogP contribution in [0.1, 0.15) is 37.1 Å². The van der Waals surface area contributed by atoms with Gasteiger partial charge in [-0.3, -0.25) is 4.90 Å². The summed E-state index contributed by atoms with van der Waals surface area (Å²) in [5.41, 5.74) is 1.85. The predicted molar refractivity (Wildman–Crippen MR) is 59.3 cm³/mol. The summed E-state index contributed by atoms with van der Waals surface area (Å²) in [7, 11) is 0. The van der Waals surface area contributed by atoms with E-state index in [9.17, 15) is 5.26 Å². The zero-order chi connectivity index (χ0) is 11.4. The molecule has 0 aliphatic rings. The summed E-state index contributed by atoms with van der Waals surface area (Å²) < 4.78 is 0. The van der Waals surface area contributed by atoms with Gasteiger partial charge in [0.1, 0.15) is 11.9 Å². The Balaban J connectivity index is 3.02. The lowest BCUT2D eigenvalue weighted by molar-refractivity contribution is 0.258. The van der Waals surface area contributed by atoms with E-state index in [0.717, 1.165) is 30.3 Å². The summed E-state index contributed by atoms with van der Waals surface area (Å²) in [5.74, 6) is 0.870. The van der Waals surface area contributed by atoms with Gasteiger partial charge in [0, 0.05) is 5.69 Å². The van der Waals surface area contributed by atoms with Gasteiger partial charge in [0.25, 0.3) is 0 Å². The minimum Gasteiger partial charge on any atom is -0.346 e. The second-order valence-electron chi connectivity index (χ2n) is 3.59. The molecule has 1 heterocycles. The van der Waals surface area contributed by atoms with Crippen molar-refractivity contribution in [1.82, 2.24) is 14.9 Å². The van der Waals surface area contributed by atoms with Crippen LogP contribution in [0.2, 0.25) is 0 Å². The molecule has 4 nitrogen and oxygen atoms in total. The number of aryl methyl sites for hydroxylation is 2. The highest BCUT2D eigenvalue weighted by Crippen LogP contribution is 2.20. The molecule has 82 valence electrons. The Kier molecular flexibility index (Phi) is 3.87. The minimum absolute atomic E-state index is 0.232. The maximum Gasteiger partial charge on any atom is 0.142 e. The standard InChI is InChI=1S/C11H18N4/c1-5-15(6-2)10(7-12)11-8(3)13-9(4)14-11/h10H,5-6H2,1-4H3,(H,13,14). The number of hydrogen-bond acceptors (Lipinski definition) is 3. The van der Waals surface area contributed by atoms with Crippen molar-refractivity contribution in [3.05, 3.63) is 17.2 Å². The Morgan fingerprint density at radius 3 is 2.33 bits per heavy atom. The molecule has 0 amide bonds. The van der Waals surface area contributed by atoms with E-state index in [1.165, 1.54) is 0 Å². The smallest absolute Gasteiger partial charge is 0.142 e. The van der Waals surface area contributed by atoms with Crippen LogP contribution < -0.4 is 0 Å². The monoisotopic (exact) mass is 206 g/mol. The zero-order valence-electron chi connectivity index (χ0n) is 9.83. The van der Waals surface area contributed by atoms with Crippen LogP contribution in [0.5, 0.6) is 0 Å². The summed E-state index contributed by atoms with van der Waals surface area (Å²) >= 11 is 0. The van der Waals surface area contributed by atoms with Crippen LogP contribution in [0.3, 0.4) is 0 Å².